The van der Waals surface area contributed by atoms with Crippen molar-refractivity contribution >= 4 is 17.5 Å². The molecule has 0 aliphatic rings. The molecule has 3 N–H and O–H groups in total. The Labute approximate surface area is 98.8 Å². The molecule has 0 aliphatic heterocycles. The maximum Gasteiger partial charge on any atom is 0.253 e. The van der Waals surface area contributed by atoms with Crippen LogP contribution >= 0.6 is 11.6 Å². The summed E-state index contributed by atoms with van der Waals surface area (Å²) in [7, 11) is 0. The summed E-state index contributed by atoms with van der Waals surface area (Å²) in [6.45, 7) is 2.28. The van der Waals surface area contributed by atoms with Gasteiger partial charge < -0.3 is 11.1 Å². The van der Waals surface area contributed by atoms with Gasteiger partial charge in [0.05, 0.1) is 10.6 Å². The Morgan fingerprint density at radius 3 is 2.81 bits per heavy atom. The molecule has 0 saturated carbocycles. The lowest BCUT2D eigenvalue weighted by Crippen LogP contribution is -2.39. The van der Waals surface area contributed by atoms with Gasteiger partial charge in [0, 0.05) is 12.6 Å². The number of benzene rings is 1. The predicted octanol–water partition coefficient (Wildman–Crippen LogP) is 1.95. The van der Waals surface area contributed by atoms with Crippen molar-refractivity contribution in [2.45, 2.75) is 19.4 Å². The summed E-state index contributed by atoms with van der Waals surface area (Å²) in [4.78, 5) is 11.7. The summed E-state index contributed by atoms with van der Waals surface area (Å²) < 4.78 is 12.8. The molecule has 0 radical (unpaired) electrons. The van der Waals surface area contributed by atoms with Gasteiger partial charge in [-0.15, -0.1) is 0 Å². The first kappa shape index (κ1) is 12.9. The number of hydrogen-bond donors (Lipinski definition) is 2. The molecule has 0 aromatic heterocycles. The summed E-state index contributed by atoms with van der Waals surface area (Å²) in [6.07, 6.45) is 0.737. The SMILES string of the molecule is CCC(CN)NC(=O)c1ccc(F)cc1Cl. The molecule has 1 rings (SSSR count). The van der Waals surface area contributed by atoms with Crippen LogP contribution in [0, 0.1) is 5.82 Å². The van der Waals surface area contributed by atoms with Gasteiger partial charge in [0.15, 0.2) is 0 Å². The fourth-order valence-corrected chi connectivity index (χ4v) is 1.52. The third-order valence-corrected chi connectivity index (χ3v) is 2.60. The van der Waals surface area contributed by atoms with E-state index in [2.05, 4.69) is 5.32 Å². The number of amides is 1. The van der Waals surface area contributed by atoms with Gasteiger partial charge in [-0.3, -0.25) is 4.79 Å². The molecular weight excluding hydrogens is 231 g/mol. The zero-order valence-corrected chi connectivity index (χ0v) is 9.72. The Bertz CT molecular complexity index is 380. The molecular formula is C11H14ClFN2O. The third kappa shape index (κ3) is 3.18. The van der Waals surface area contributed by atoms with E-state index >= 15 is 0 Å². The molecule has 0 saturated heterocycles. The van der Waals surface area contributed by atoms with Gasteiger partial charge in [-0.05, 0) is 24.6 Å². The van der Waals surface area contributed by atoms with Crippen molar-refractivity contribution in [2.75, 3.05) is 6.54 Å². The van der Waals surface area contributed by atoms with E-state index in [-0.39, 0.29) is 22.5 Å². The van der Waals surface area contributed by atoms with Gasteiger partial charge in [-0.1, -0.05) is 18.5 Å². The molecule has 5 heteroatoms. The van der Waals surface area contributed by atoms with Crippen LogP contribution in [0.15, 0.2) is 18.2 Å². The molecule has 1 atom stereocenters. The van der Waals surface area contributed by atoms with E-state index in [1.807, 2.05) is 6.92 Å². The number of carbonyl (C=O) groups excluding carboxylic acids is 1. The van der Waals surface area contributed by atoms with E-state index in [0.29, 0.717) is 6.54 Å². The molecule has 0 bridgehead atoms. The highest BCUT2D eigenvalue weighted by molar-refractivity contribution is 6.33. The number of halogens is 2. The average Bonchev–Trinajstić information content (AvgIpc) is 2.25. The van der Waals surface area contributed by atoms with Crippen LogP contribution in [0.2, 0.25) is 5.02 Å². The highest BCUT2D eigenvalue weighted by atomic mass is 35.5. The Morgan fingerprint density at radius 1 is 1.62 bits per heavy atom. The monoisotopic (exact) mass is 244 g/mol. The average molecular weight is 245 g/mol. The van der Waals surface area contributed by atoms with Gasteiger partial charge in [-0.25, -0.2) is 4.39 Å². The first-order valence-corrected chi connectivity index (χ1v) is 5.42. The van der Waals surface area contributed by atoms with Crippen molar-refractivity contribution in [1.82, 2.24) is 5.32 Å². The maximum absolute atomic E-state index is 12.8. The van der Waals surface area contributed by atoms with E-state index in [0.717, 1.165) is 12.5 Å². The molecule has 3 nitrogen and oxygen atoms in total. The number of rotatable bonds is 4. The van der Waals surface area contributed by atoms with E-state index in [1.165, 1.54) is 12.1 Å². The largest absolute Gasteiger partial charge is 0.348 e. The molecule has 1 unspecified atom stereocenters. The van der Waals surface area contributed by atoms with Gasteiger partial charge in [-0.2, -0.15) is 0 Å². The molecule has 16 heavy (non-hydrogen) atoms. The smallest absolute Gasteiger partial charge is 0.253 e. The lowest BCUT2D eigenvalue weighted by Gasteiger charge is -2.15. The lowest BCUT2D eigenvalue weighted by molar-refractivity contribution is 0.0937. The first-order valence-electron chi connectivity index (χ1n) is 5.04. The lowest BCUT2D eigenvalue weighted by atomic mass is 10.1. The molecule has 1 aromatic carbocycles. The van der Waals surface area contributed by atoms with Gasteiger partial charge in [0.25, 0.3) is 5.91 Å². The Morgan fingerprint density at radius 2 is 2.31 bits per heavy atom. The van der Waals surface area contributed by atoms with Crippen molar-refractivity contribution in [2.24, 2.45) is 5.73 Å². The Balaban J connectivity index is 2.80. The Hall–Kier alpha value is -1.13. The standard InChI is InChI=1S/C11H14ClFN2O/c1-2-8(6-14)15-11(16)9-4-3-7(13)5-10(9)12/h3-5,8H,2,6,14H2,1H3,(H,15,16). The molecule has 0 aliphatic carbocycles. The number of nitrogens with one attached hydrogen (secondary N) is 1. The summed E-state index contributed by atoms with van der Waals surface area (Å²) in [5.74, 6) is -0.797. The van der Waals surface area contributed by atoms with Gasteiger partial charge in [0.2, 0.25) is 0 Å². The fourth-order valence-electron chi connectivity index (χ4n) is 1.26. The second-order valence-corrected chi connectivity index (χ2v) is 3.85. The summed E-state index contributed by atoms with van der Waals surface area (Å²) in [5.41, 5.74) is 5.72. The minimum absolute atomic E-state index is 0.0892. The number of carbonyl (C=O) groups is 1. The molecule has 0 spiro atoms. The normalized spacial score (nSPS) is 12.2. The molecule has 0 fully saturated rings. The second-order valence-electron chi connectivity index (χ2n) is 3.44. The molecule has 1 amide bonds. The van der Waals surface area contributed by atoms with E-state index in [1.54, 1.807) is 0 Å². The highest BCUT2D eigenvalue weighted by Crippen LogP contribution is 2.17. The topological polar surface area (TPSA) is 55.1 Å². The van der Waals surface area contributed by atoms with Crippen LogP contribution in [0.5, 0.6) is 0 Å². The maximum atomic E-state index is 12.8. The van der Waals surface area contributed by atoms with Gasteiger partial charge >= 0.3 is 0 Å². The summed E-state index contributed by atoms with van der Waals surface area (Å²) >= 11 is 5.76. The third-order valence-electron chi connectivity index (χ3n) is 2.29. The van der Waals surface area contributed by atoms with E-state index in [9.17, 15) is 9.18 Å². The van der Waals surface area contributed by atoms with Crippen LogP contribution in [-0.2, 0) is 0 Å². The molecule has 1 aromatic rings. The minimum Gasteiger partial charge on any atom is -0.348 e. The van der Waals surface area contributed by atoms with Crippen LogP contribution in [0.25, 0.3) is 0 Å². The van der Waals surface area contributed by atoms with Crippen LogP contribution < -0.4 is 11.1 Å². The van der Waals surface area contributed by atoms with Crippen molar-refractivity contribution in [1.29, 1.82) is 0 Å². The summed E-state index contributed by atoms with van der Waals surface area (Å²) in [5, 5.41) is 2.82. The molecule has 88 valence electrons. The quantitative estimate of drug-likeness (QED) is 0.851. The number of hydrogen-bond acceptors (Lipinski definition) is 2. The van der Waals surface area contributed by atoms with Gasteiger partial charge in [0.1, 0.15) is 5.82 Å². The Kier molecular flexibility index (Phi) is 4.71. The van der Waals surface area contributed by atoms with Crippen LogP contribution in [0.1, 0.15) is 23.7 Å². The summed E-state index contributed by atoms with van der Waals surface area (Å²) in [6, 6.07) is 3.58. The first-order chi connectivity index (χ1) is 7.58. The number of nitrogens with two attached hydrogens (primary N) is 1. The molecule has 0 heterocycles. The van der Waals surface area contributed by atoms with E-state index < -0.39 is 5.82 Å². The highest BCUT2D eigenvalue weighted by Gasteiger charge is 2.14. The van der Waals surface area contributed by atoms with Crippen LogP contribution in [0.3, 0.4) is 0 Å². The van der Waals surface area contributed by atoms with E-state index in [4.69, 9.17) is 17.3 Å². The zero-order valence-electron chi connectivity index (χ0n) is 8.97. The minimum atomic E-state index is -0.465. The fraction of sp³-hybridized carbons (Fsp3) is 0.364. The van der Waals surface area contributed by atoms with Crippen LogP contribution in [0.4, 0.5) is 4.39 Å². The van der Waals surface area contributed by atoms with Crippen LogP contribution in [-0.4, -0.2) is 18.5 Å². The zero-order chi connectivity index (χ0) is 12.1. The predicted molar refractivity (Wildman–Crippen MR) is 62.0 cm³/mol. The second kappa shape index (κ2) is 5.82. The van der Waals surface area contributed by atoms with Crippen molar-refractivity contribution in [3.05, 3.63) is 34.6 Å². The van der Waals surface area contributed by atoms with Crippen molar-refractivity contribution in [3.63, 3.8) is 0 Å². The van der Waals surface area contributed by atoms with Crippen molar-refractivity contribution in [3.8, 4) is 0 Å². The van der Waals surface area contributed by atoms with Crippen molar-refractivity contribution < 1.29 is 9.18 Å².